The molecule has 2 N–H and O–H groups in total. The van der Waals surface area contributed by atoms with E-state index in [4.69, 9.17) is 5.73 Å². The van der Waals surface area contributed by atoms with Crippen LogP contribution in [0.25, 0.3) is 5.69 Å². The lowest BCUT2D eigenvalue weighted by atomic mass is 10.2. The van der Waals surface area contributed by atoms with Crippen LogP contribution in [-0.2, 0) is 6.42 Å². The summed E-state index contributed by atoms with van der Waals surface area (Å²) in [4.78, 5) is 3.96. The van der Waals surface area contributed by atoms with E-state index in [2.05, 4.69) is 4.98 Å². The molecule has 0 radical (unpaired) electrons. The van der Waals surface area contributed by atoms with E-state index >= 15 is 0 Å². The molecule has 0 amide bonds. The molecule has 1 aromatic heterocycles. The summed E-state index contributed by atoms with van der Waals surface area (Å²) in [6, 6.07) is 3.73. The van der Waals surface area contributed by atoms with Crippen LogP contribution in [0.2, 0.25) is 0 Å². The summed E-state index contributed by atoms with van der Waals surface area (Å²) in [6.45, 7) is 0.482. The molecule has 0 unspecified atom stereocenters. The molecule has 84 valence electrons. The van der Waals surface area contributed by atoms with Crippen molar-refractivity contribution >= 4 is 0 Å². The number of imidazole rings is 1. The van der Waals surface area contributed by atoms with Crippen LogP contribution in [0.1, 0.15) is 5.69 Å². The third-order valence-electron chi connectivity index (χ3n) is 2.30. The molecule has 3 nitrogen and oxygen atoms in total. The zero-order valence-corrected chi connectivity index (χ0v) is 8.53. The molecule has 0 fully saturated rings. The van der Waals surface area contributed by atoms with Gasteiger partial charge < -0.3 is 10.3 Å². The molecule has 0 saturated carbocycles. The Morgan fingerprint density at radius 2 is 2.06 bits per heavy atom. The average Bonchev–Trinajstić information content (AvgIpc) is 2.71. The van der Waals surface area contributed by atoms with Gasteiger partial charge in [0.25, 0.3) is 0 Å². The summed E-state index contributed by atoms with van der Waals surface area (Å²) in [5.41, 5.74) is 6.86. The summed E-state index contributed by atoms with van der Waals surface area (Å²) in [7, 11) is 0. The molecule has 0 aliphatic heterocycles. The number of rotatable bonds is 3. The van der Waals surface area contributed by atoms with Crippen molar-refractivity contribution in [3.05, 3.63) is 48.1 Å². The van der Waals surface area contributed by atoms with Gasteiger partial charge in [-0.25, -0.2) is 13.8 Å². The molecule has 0 spiro atoms. The van der Waals surface area contributed by atoms with Gasteiger partial charge in [0, 0.05) is 30.1 Å². The summed E-state index contributed by atoms with van der Waals surface area (Å²) in [5.74, 6) is -1.73. The molecule has 0 saturated heterocycles. The highest BCUT2D eigenvalue weighted by Gasteiger charge is 2.07. The van der Waals surface area contributed by atoms with Crippen molar-refractivity contribution in [2.45, 2.75) is 6.42 Å². The highest BCUT2D eigenvalue weighted by molar-refractivity contribution is 5.34. The maximum absolute atomic E-state index is 13.1. The van der Waals surface area contributed by atoms with Gasteiger partial charge in [0.15, 0.2) is 11.6 Å². The lowest BCUT2D eigenvalue weighted by molar-refractivity contribution is 0.508. The molecular weight excluding hydrogens is 212 g/mol. The van der Waals surface area contributed by atoms with Crippen molar-refractivity contribution in [1.29, 1.82) is 0 Å². The van der Waals surface area contributed by atoms with Gasteiger partial charge in [-0.2, -0.15) is 0 Å². The number of hydrogen-bond acceptors (Lipinski definition) is 2. The van der Waals surface area contributed by atoms with Crippen molar-refractivity contribution < 1.29 is 8.78 Å². The number of aromatic nitrogens is 2. The smallest absolute Gasteiger partial charge is 0.160 e. The maximum atomic E-state index is 13.1. The Morgan fingerprint density at radius 3 is 2.75 bits per heavy atom. The highest BCUT2D eigenvalue weighted by atomic mass is 19.2. The van der Waals surface area contributed by atoms with E-state index in [0.29, 0.717) is 18.7 Å². The molecule has 0 aliphatic rings. The third kappa shape index (κ3) is 1.94. The number of halogens is 2. The second-order valence-corrected chi connectivity index (χ2v) is 3.39. The largest absolute Gasteiger partial charge is 0.330 e. The molecule has 0 bridgehead atoms. The summed E-state index contributed by atoms with van der Waals surface area (Å²) in [6.07, 6.45) is 3.85. The Bertz CT molecular complexity index is 494. The normalized spacial score (nSPS) is 10.7. The van der Waals surface area contributed by atoms with Gasteiger partial charge in [0.05, 0.1) is 6.33 Å². The van der Waals surface area contributed by atoms with E-state index in [0.717, 1.165) is 17.8 Å². The molecule has 1 heterocycles. The van der Waals surface area contributed by atoms with Gasteiger partial charge in [-0.15, -0.1) is 0 Å². The number of hydrogen-bond donors (Lipinski definition) is 1. The first-order valence-corrected chi connectivity index (χ1v) is 4.89. The lowest BCUT2D eigenvalue weighted by Crippen LogP contribution is -2.07. The minimum atomic E-state index is -0.870. The van der Waals surface area contributed by atoms with Crippen molar-refractivity contribution in [2.24, 2.45) is 5.73 Å². The van der Waals surface area contributed by atoms with Crippen LogP contribution in [0.5, 0.6) is 0 Å². The molecule has 0 atom stereocenters. The standard InChI is InChI=1S/C11H11F2N3/c12-10-2-1-8(5-11(10)13)16-7-15-6-9(16)3-4-14/h1-2,5-7H,3-4,14H2. The topological polar surface area (TPSA) is 43.8 Å². The van der Waals surface area contributed by atoms with Gasteiger partial charge in [0.2, 0.25) is 0 Å². The lowest BCUT2D eigenvalue weighted by Gasteiger charge is -2.07. The third-order valence-corrected chi connectivity index (χ3v) is 2.30. The van der Waals surface area contributed by atoms with E-state index in [1.165, 1.54) is 6.07 Å². The second kappa shape index (κ2) is 4.40. The molecule has 16 heavy (non-hydrogen) atoms. The van der Waals surface area contributed by atoms with Gasteiger partial charge in [-0.1, -0.05) is 0 Å². The zero-order valence-electron chi connectivity index (χ0n) is 8.53. The van der Waals surface area contributed by atoms with Crippen molar-refractivity contribution in [1.82, 2.24) is 9.55 Å². The quantitative estimate of drug-likeness (QED) is 0.859. The maximum Gasteiger partial charge on any atom is 0.160 e. The number of nitrogens with two attached hydrogens (primary N) is 1. The molecule has 2 aromatic rings. The van der Waals surface area contributed by atoms with Crippen molar-refractivity contribution in [2.75, 3.05) is 6.54 Å². The second-order valence-electron chi connectivity index (χ2n) is 3.39. The molecule has 1 aromatic carbocycles. The van der Waals surface area contributed by atoms with E-state index in [1.807, 2.05) is 0 Å². The summed E-state index contributed by atoms with van der Waals surface area (Å²) in [5, 5.41) is 0. The highest BCUT2D eigenvalue weighted by Crippen LogP contribution is 2.15. The van der Waals surface area contributed by atoms with Gasteiger partial charge in [0.1, 0.15) is 0 Å². The predicted molar refractivity (Wildman–Crippen MR) is 56.2 cm³/mol. The van der Waals surface area contributed by atoms with E-state index in [9.17, 15) is 8.78 Å². The van der Waals surface area contributed by atoms with Crippen LogP contribution in [0.4, 0.5) is 8.78 Å². The van der Waals surface area contributed by atoms with E-state index < -0.39 is 11.6 Å². The fraction of sp³-hybridized carbons (Fsp3) is 0.182. The van der Waals surface area contributed by atoms with Crippen LogP contribution in [0.3, 0.4) is 0 Å². The van der Waals surface area contributed by atoms with Crippen LogP contribution < -0.4 is 5.73 Å². The zero-order chi connectivity index (χ0) is 11.5. The van der Waals surface area contributed by atoms with Crippen LogP contribution in [0.15, 0.2) is 30.7 Å². The Labute approximate surface area is 91.5 Å². The van der Waals surface area contributed by atoms with E-state index in [1.54, 1.807) is 17.1 Å². The first-order valence-electron chi connectivity index (χ1n) is 4.89. The molecule has 2 rings (SSSR count). The van der Waals surface area contributed by atoms with Crippen molar-refractivity contribution in [3.63, 3.8) is 0 Å². The molecule has 5 heteroatoms. The van der Waals surface area contributed by atoms with Crippen molar-refractivity contribution in [3.8, 4) is 5.69 Å². The summed E-state index contributed by atoms with van der Waals surface area (Å²) >= 11 is 0. The number of benzene rings is 1. The van der Waals surface area contributed by atoms with E-state index in [-0.39, 0.29) is 0 Å². The monoisotopic (exact) mass is 223 g/mol. The Hall–Kier alpha value is -1.75. The fourth-order valence-electron chi connectivity index (χ4n) is 1.52. The average molecular weight is 223 g/mol. The fourth-order valence-corrected chi connectivity index (χ4v) is 1.52. The van der Waals surface area contributed by atoms with Gasteiger partial charge in [-0.05, 0) is 18.7 Å². The SMILES string of the molecule is NCCc1cncn1-c1ccc(F)c(F)c1. The van der Waals surface area contributed by atoms with Crippen LogP contribution in [-0.4, -0.2) is 16.1 Å². The summed E-state index contributed by atoms with van der Waals surface area (Å²) < 4.78 is 27.5. The minimum Gasteiger partial charge on any atom is -0.330 e. The van der Waals surface area contributed by atoms with Gasteiger partial charge >= 0.3 is 0 Å². The molecular formula is C11H11F2N3. The first kappa shape index (κ1) is 10.8. The predicted octanol–water partition coefficient (Wildman–Crippen LogP) is 1.65. The Balaban J connectivity index is 2.42. The first-order chi connectivity index (χ1) is 7.72. The Morgan fingerprint density at radius 1 is 1.25 bits per heavy atom. The van der Waals surface area contributed by atoms with Crippen LogP contribution >= 0.6 is 0 Å². The molecule has 0 aliphatic carbocycles. The number of nitrogens with zero attached hydrogens (tertiary/aromatic N) is 2. The Kier molecular flexibility index (Phi) is 2.96. The van der Waals surface area contributed by atoms with Gasteiger partial charge in [-0.3, -0.25) is 0 Å². The minimum absolute atomic E-state index is 0.482. The van der Waals surface area contributed by atoms with Crippen LogP contribution in [0, 0.1) is 11.6 Å².